The summed E-state index contributed by atoms with van der Waals surface area (Å²) in [4.78, 5) is 18.9. The van der Waals surface area contributed by atoms with Crippen molar-refractivity contribution in [2.24, 2.45) is 0 Å². The second kappa shape index (κ2) is 7.77. The summed E-state index contributed by atoms with van der Waals surface area (Å²) in [5, 5.41) is 0.740. The first kappa shape index (κ1) is 16.9. The zero-order valence-corrected chi connectivity index (χ0v) is 14.3. The number of rotatable bonds is 4. The first-order valence-corrected chi connectivity index (χ1v) is 9.04. The Labute approximate surface area is 145 Å². The molecule has 6 heteroatoms. The van der Waals surface area contributed by atoms with E-state index in [1.54, 1.807) is 24.4 Å². The van der Waals surface area contributed by atoms with Crippen LogP contribution in [0, 0.1) is 5.82 Å². The standard InChI is InChI=1S/C18H19FN2O2S/c1-24-17-16(3-2-8-20-17)18(22)21-9-10-23-15(12-21)11-13-4-6-14(19)7-5-13/h2-8,15H,9-12H2,1H3/t15-/m0/s1. The number of hydrogen-bond donors (Lipinski definition) is 0. The summed E-state index contributed by atoms with van der Waals surface area (Å²) in [6.45, 7) is 1.60. The average Bonchev–Trinajstić information content (AvgIpc) is 2.63. The molecule has 0 saturated carbocycles. The topological polar surface area (TPSA) is 42.4 Å². The van der Waals surface area contributed by atoms with Crippen LogP contribution in [0.25, 0.3) is 0 Å². The number of thioether (sulfide) groups is 1. The Morgan fingerprint density at radius 2 is 2.17 bits per heavy atom. The molecule has 0 N–H and O–H groups in total. The largest absolute Gasteiger partial charge is 0.374 e. The van der Waals surface area contributed by atoms with Gasteiger partial charge < -0.3 is 9.64 Å². The van der Waals surface area contributed by atoms with Gasteiger partial charge >= 0.3 is 0 Å². The normalized spacial score (nSPS) is 17.8. The minimum atomic E-state index is -0.249. The van der Waals surface area contributed by atoms with Crippen molar-refractivity contribution in [1.82, 2.24) is 9.88 Å². The van der Waals surface area contributed by atoms with Crippen LogP contribution in [0.4, 0.5) is 4.39 Å². The van der Waals surface area contributed by atoms with Gasteiger partial charge in [-0.1, -0.05) is 12.1 Å². The lowest BCUT2D eigenvalue weighted by Crippen LogP contribution is -2.46. The Kier molecular flexibility index (Phi) is 5.48. The van der Waals surface area contributed by atoms with Crippen LogP contribution >= 0.6 is 11.8 Å². The van der Waals surface area contributed by atoms with Gasteiger partial charge in [-0.15, -0.1) is 11.8 Å². The van der Waals surface area contributed by atoms with Crippen molar-refractivity contribution in [3.8, 4) is 0 Å². The monoisotopic (exact) mass is 346 g/mol. The van der Waals surface area contributed by atoms with E-state index >= 15 is 0 Å². The summed E-state index contributed by atoms with van der Waals surface area (Å²) in [6.07, 6.45) is 4.18. The highest BCUT2D eigenvalue weighted by molar-refractivity contribution is 7.98. The Balaban J connectivity index is 1.68. The van der Waals surface area contributed by atoms with Crippen molar-refractivity contribution in [1.29, 1.82) is 0 Å². The minimum Gasteiger partial charge on any atom is -0.374 e. The van der Waals surface area contributed by atoms with Crippen LogP contribution in [0.5, 0.6) is 0 Å². The number of carbonyl (C=O) groups is 1. The van der Waals surface area contributed by atoms with Crippen molar-refractivity contribution >= 4 is 17.7 Å². The lowest BCUT2D eigenvalue weighted by Gasteiger charge is -2.33. The Morgan fingerprint density at radius 3 is 2.92 bits per heavy atom. The van der Waals surface area contributed by atoms with Crippen LogP contribution in [0.1, 0.15) is 15.9 Å². The van der Waals surface area contributed by atoms with E-state index in [4.69, 9.17) is 4.74 Å². The molecule has 24 heavy (non-hydrogen) atoms. The third-order valence-electron chi connectivity index (χ3n) is 4.00. The third kappa shape index (κ3) is 3.94. The predicted octanol–water partition coefficient (Wildman–Crippen LogP) is 3.03. The van der Waals surface area contributed by atoms with Crippen molar-refractivity contribution in [3.05, 3.63) is 59.5 Å². The zero-order chi connectivity index (χ0) is 16.9. The fourth-order valence-electron chi connectivity index (χ4n) is 2.80. The highest BCUT2D eigenvalue weighted by Gasteiger charge is 2.26. The maximum Gasteiger partial charge on any atom is 0.256 e. The SMILES string of the molecule is CSc1ncccc1C(=O)N1CCO[C@@H](Cc2ccc(F)cc2)C1. The van der Waals surface area contributed by atoms with Gasteiger partial charge in [-0.3, -0.25) is 4.79 Å². The highest BCUT2D eigenvalue weighted by atomic mass is 32.2. The summed E-state index contributed by atoms with van der Waals surface area (Å²) < 4.78 is 18.8. The van der Waals surface area contributed by atoms with Gasteiger partial charge in [-0.25, -0.2) is 9.37 Å². The van der Waals surface area contributed by atoms with Crippen LogP contribution in [0.2, 0.25) is 0 Å². The molecule has 0 spiro atoms. The van der Waals surface area contributed by atoms with Crippen molar-refractivity contribution in [3.63, 3.8) is 0 Å². The van der Waals surface area contributed by atoms with Crippen molar-refractivity contribution in [2.75, 3.05) is 26.0 Å². The molecule has 2 heterocycles. The molecular formula is C18H19FN2O2S. The Hall–Kier alpha value is -1.92. The molecule has 3 rings (SSSR count). The maximum absolute atomic E-state index is 13.0. The molecule has 1 aliphatic rings. The number of halogens is 1. The van der Waals surface area contributed by atoms with Crippen molar-refractivity contribution < 1.29 is 13.9 Å². The van der Waals surface area contributed by atoms with E-state index in [-0.39, 0.29) is 17.8 Å². The lowest BCUT2D eigenvalue weighted by molar-refractivity contribution is -0.0209. The highest BCUT2D eigenvalue weighted by Crippen LogP contribution is 2.20. The Bertz CT molecular complexity index is 708. The number of aromatic nitrogens is 1. The molecule has 1 aromatic carbocycles. The van der Waals surface area contributed by atoms with Crippen LogP contribution in [0.15, 0.2) is 47.6 Å². The fourth-order valence-corrected chi connectivity index (χ4v) is 3.34. The molecule has 0 unspecified atom stereocenters. The molecular weight excluding hydrogens is 327 g/mol. The van der Waals surface area contributed by atoms with Gasteiger partial charge in [0.1, 0.15) is 10.8 Å². The number of amides is 1. The second-order valence-electron chi connectivity index (χ2n) is 5.63. The molecule has 0 radical (unpaired) electrons. The van der Waals surface area contributed by atoms with Crippen LogP contribution in [-0.4, -0.2) is 47.8 Å². The van der Waals surface area contributed by atoms with E-state index < -0.39 is 0 Å². The van der Waals surface area contributed by atoms with Gasteiger partial charge in [0.05, 0.1) is 18.3 Å². The Morgan fingerprint density at radius 1 is 1.38 bits per heavy atom. The molecule has 126 valence electrons. The average molecular weight is 346 g/mol. The van der Waals surface area contributed by atoms with Gasteiger partial charge in [-0.2, -0.15) is 0 Å². The third-order valence-corrected chi connectivity index (χ3v) is 4.71. The number of ether oxygens (including phenoxy) is 1. The zero-order valence-electron chi connectivity index (χ0n) is 13.4. The van der Waals surface area contributed by atoms with E-state index in [9.17, 15) is 9.18 Å². The fraction of sp³-hybridized carbons (Fsp3) is 0.333. The van der Waals surface area contributed by atoms with Crippen molar-refractivity contribution in [2.45, 2.75) is 17.6 Å². The number of morpholine rings is 1. The number of nitrogens with zero attached hydrogens (tertiary/aromatic N) is 2. The van der Waals surface area contributed by atoms with E-state index in [0.29, 0.717) is 31.7 Å². The summed E-state index contributed by atoms with van der Waals surface area (Å²) >= 11 is 1.47. The predicted molar refractivity (Wildman–Crippen MR) is 91.8 cm³/mol. The first-order chi connectivity index (χ1) is 11.7. The number of carbonyl (C=O) groups excluding carboxylic acids is 1. The number of pyridine rings is 1. The van der Waals surface area contributed by atoms with Gasteiger partial charge in [0.15, 0.2) is 0 Å². The van der Waals surface area contributed by atoms with E-state index in [2.05, 4.69) is 4.98 Å². The van der Waals surface area contributed by atoms with Gasteiger partial charge in [0.25, 0.3) is 5.91 Å². The molecule has 1 atom stereocenters. The van der Waals surface area contributed by atoms with Gasteiger partial charge in [-0.05, 0) is 36.1 Å². The lowest BCUT2D eigenvalue weighted by atomic mass is 10.1. The molecule has 0 aliphatic carbocycles. The first-order valence-electron chi connectivity index (χ1n) is 7.81. The van der Waals surface area contributed by atoms with Crippen LogP contribution < -0.4 is 0 Å². The molecule has 1 amide bonds. The molecule has 1 aromatic heterocycles. The molecule has 2 aromatic rings. The van der Waals surface area contributed by atoms with Crippen LogP contribution in [-0.2, 0) is 11.2 Å². The maximum atomic E-state index is 13.0. The molecule has 1 saturated heterocycles. The number of hydrogen-bond acceptors (Lipinski definition) is 4. The van der Waals surface area contributed by atoms with E-state index in [1.165, 1.54) is 23.9 Å². The van der Waals surface area contributed by atoms with Gasteiger partial charge in [0, 0.05) is 25.7 Å². The summed E-state index contributed by atoms with van der Waals surface area (Å²) in [5.41, 5.74) is 1.63. The van der Waals surface area contributed by atoms with E-state index in [0.717, 1.165) is 10.6 Å². The summed E-state index contributed by atoms with van der Waals surface area (Å²) in [6, 6.07) is 10.00. The van der Waals surface area contributed by atoms with Gasteiger partial charge in [0.2, 0.25) is 0 Å². The quantitative estimate of drug-likeness (QED) is 0.798. The summed E-state index contributed by atoms with van der Waals surface area (Å²) in [5.74, 6) is -0.263. The molecule has 0 bridgehead atoms. The molecule has 1 aliphatic heterocycles. The number of benzene rings is 1. The smallest absolute Gasteiger partial charge is 0.256 e. The molecule has 4 nitrogen and oxygen atoms in total. The minimum absolute atomic E-state index is 0.0140. The molecule has 1 fully saturated rings. The second-order valence-corrected chi connectivity index (χ2v) is 6.43. The summed E-state index contributed by atoms with van der Waals surface area (Å²) in [7, 11) is 0. The van der Waals surface area contributed by atoms with Crippen LogP contribution in [0.3, 0.4) is 0 Å². The van der Waals surface area contributed by atoms with E-state index in [1.807, 2.05) is 17.2 Å².